The Kier molecular flexibility index (Phi) is 19.4. The van der Waals surface area contributed by atoms with E-state index >= 15 is 0 Å². The molecule has 0 spiro atoms. The maximum Gasteiger partial charge on any atom is 0.237 e. The molecule has 40 heavy (non-hydrogen) atoms. The van der Waals surface area contributed by atoms with Crippen molar-refractivity contribution in [2.24, 2.45) is 5.92 Å². The Balaban J connectivity index is 0.000000736. The van der Waals surface area contributed by atoms with E-state index in [0.717, 1.165) is 11.3 Å². The van der Waals surface area contributed by atoms with E-state index in [1.165, 1.54) is 29.8 Å². The van der Waals surface area contributed by atoms with E-state index in [0.29, 0.717) is 17.0 Å². The maximum atomic E-state index is 14.3. The second-order valence-corrected chi connectivity index (χ2v) is 9.16. The molecule has 1 saturated heterocycles. The quantitative estimate of drug-likeness (QED) is 0.101. The van der Waals surface area contributed by atoms with Crippen LogP contribution in [-0.4, -0.2) is 34.1 Å². The van der Waals surface area contributed by atoms with Crippen molar-refractivity contribution in [1.29, 1.82) is 0 Å². The van der Waals surface area contributed by atoms with Gasteiger partial charge in [-0.25, -0.2) is 8.78 Å². The van der Waals surface area contributed by atoms with Crippen LogP contribution in [0.25, 0.3) is 0 Å². The van der Waals surface area contributed by atoms with Crippen LogP contribution in [0.1, 0.15) is 65.5 Å². The fourth-order valence-electron chi connectivity index (χ4n) is 3.38. The zero-order valence-electron chi connectivity index (χ0n) is 24.3. The number of halogens is 2. The molecule has 3 unspecified atom stereocenters. The van der Waals surface area contributed by atoms with Crippen LogP contribution in [0.5, 0.6) is 0 Å². The molecule has 0 bridgehead atoms. The number of anilines is 1. The van der Waals surface area contributed by atoms with Gasteiger partial charge in [-0.2, -0.15) is 0 Å². The smallest absolute Gasteiger partial charge is 0.237 e. The third-order valence-electron chi connectivity index (χ3n) is 5.27. The summed E-state index contributed by atoms with van der Waals surface area (Å²) in [7, 11) is 0. The highest BCUT2D eigenvalue weighted by Gasteiger charge is 2.48. The largest absolute Gasteiger partial charge is 0.508 e. The molecule has 0 saturated carbocycles. The van der Waals surface area contributed by atoms with Gasteiger partial charge in [0.15, 0.2) is 6.30 Å². The number of hydrogen-bond donors (Lipinski definition) is 3. The number of carbonyl (C=O) groups excluding carboxylic acids is 1. The van der Waals surface area contributed by atoms with Gasteiger partial charge in [-0.1, -0.05) is 61.1 Å². The molecule has 1 aliphatic rings. The zero-order chi connectivity index (χ0) is 30.5. The maximum absolute atomic E-state index is 14.3. The van der Waals surface area contributed by atoms with Crippen molar-refractivity contribution in [2.75, 3.05) is 11.5 Å². The van der Waals surface area contributed by atoms with E-state index in [9.17, 15) is 18.7 Å². The second-order valence-electron chi connectivity index (χ2n) is 9.16. The van der Waals surface area contributed by atoms with Gasteiger partial charge in [-0.3, -0.25) is 9.69 Å². The monoisotopic (exact) mass is 557 g/mol. The molecule has 7 heteroatoms. The molecular formula is C33H45F2NO4. The lowest BCUT2D eigenvalue weighted by molar-refractivity contribution is -0.135. The number of aliphatic hydroxyl groups is 3. The number of aliphatic hydroxyl groups excluding tert-OH is 3. The van der Waals surface area contributed by atoms with Crippen LogP contribution in [0.15, 0.2) is 103 Å². The first kappa shape index (κ1) is 36.5. The SMILES string of the molecule is C/C=C\C(O)=C/CC.C/C=C\CO.C=C(C)C.O=C1C(CCC(O)c2ccc(F)cc2)C(F)N1c1ccccc1. The normalized spacial score (nSPS) is 17.1. The molecule has 0 radical (unpaired) electrons. The molecule has 0 aliphatic carbocycles. The molecule has 5 nitrogen and oxygen atoms in total. The average Bonchev–Trinajstić information content (AvgIpc) is 2.91. The Morgan fingerprint density at radius 3 is 2.08 bits per heavy atom. The molecule has 1 aliphatic heterocycles. The first-order chi connectivity index (χ1) is 19.0. The van der Waals surface area contributed by atoms with E-state index in [1.54, 1.807) is 54.6 Å². The topological polar surface area (TPSA) is 81.0 Å². The van der Waals surface area contributed by atoms with Crippen LogP contribution in [0.2, 0.25) is 0 Å². The number of benzene rings is 2. The molecule has 1 heterocycles. The van der Waals surface area contributed by atoms with Gasteiger partial charge in [0.2, 0.25) is 5.91 Å². The van der Waals surface area contributed by atoms with Crippen molar-refractivity contribution in [3.05, 3.63) is 114 Å². The number of nitrogens with zero attached hydrogens (tertiary/aromatic N) is 1. The Morgan fingerprint density at radius 1 is 1.07 bits per heavy atom. The molecule has 3 N–H and O–H groups in total. The molecule has 2 aromatic carbocycles. The molecule has 2 aromatic rings. The highest BCUT2D eigenvalue weighted by atomic mass is 19.1. The summed E-state index contributed by atoms with van der Waals surface area (Å²) in [4.78, 5) is 13.3. The van der Waals surface area contributed by atoms with Crippen LogP contribution in [0.4, 0.5) is 14.5 Å². The number of rotatable bonds is 8. The predicted octanol–water partition coefficient (Wildman–Crippen LogP) is 8.15. The minimum absolute atomic E-state index is 0.163. The van der Waals surface area contributed by atoms with E-state index < -0.39 is 18.3 Å². The minimum atomic E-state index is -1.37. The van der Waals surface area contributed by atoms with Crippen molar-refractivity contribution >= 4 is 11.6 Å². The highest BCUT2D eigenvalue weighted by Crippen LogP contribution is 2.37. The van der Waals surface area contributed by atoms with Crippen molar-refractivity contribution in [2.45, 2.75) is 66.3 Å². The van der Waals surface area contributed by atoms with Gasteiger partial charge in [0.05, 0.1) is 18.6 Å². The van der Waals surface area contributed by atoms with Gasteiger partial charge in [-0.15, -0.1) is 6.58 Å². The van der Waals surface area contributed by atoms with Gasteiger partial charge < -0.3 is 15.3 Å². The Labute approximate surface area is 238 Å². The van der Waals surface area contributed by atoms with Gasteiger partial charge in [0.1, 0.15) is 11.6 Å². The first-order valence-corrected chi connectivity index (χ1v) is 13.3. The Bertz CT molecular complexity index is 1060. The summed E-state index contributed by atoms with van der Waals surface area (Å²) < 4.78 is 27.1. The number of amides is 1. The lowest BCUT2D eigenvalue weighted by Gasteiger charge is -2.42. The molecule has 1 fully saturated rings. The van der Waals surface area contributed by atoms with Crippen LogP contribution < -0.4 is 4.90 Å². The molecule has 220 valence electrons. The number of carbonyl (C=O) groups is 1. The molecule has 3 atom stereocenters. The summed E-state index contributed by atoms with van der Waals surface area (Å²) in [6.07, 6.45) is 7.92. The number of alkyl halides is 1. The molecule has 1 amide bonds. The predicted molar refractivity (Wildman–Crippen MR) is 161 cm³/mol. The lowest BCUT2D eigenvalue weighted by Crippen LogP contribution is -2.59. The van der Waals surface area contributed by atoms with E-state index in [-0.39, 0.29) is 31.2 Å². The Hall–Kier alpha value is -3.55. The molecular weight excluding hydrogens is 512 g/mol. The van der Waals surface area contributed by atoms with Crippen molar-refractivity contribution in [3.63, 3.8) is 0 Å². The molecule has 0 aromatic heterocycles. The summed E-state index contributed by atoms with van der Waals surface area (Å²) >= 11 is 0. The molecule has 3 rings (SSSR count). The van der Waals surface area contributed by atoms with E-state index in [4.69, 9.17) is 10.2 Å². The fourth-order valence-corrected chi connectivity index (χ4v) is 3.38. The van der Waals surface area contributed by atoms with Crippen LogP contribution in [0.3, 0.4) is 0 Å². The summed E-state index contributed by atoms with van der Waals surface area (Å²) in [5.41, 5.74) is 2.27. The summed E-state index contributed by atoms with van der Waals surface area (Å²) in [5.74, 6) is -1.02. The number of para-hydroxylation sites is 1. The summed E-state index contributed by atoms with van der Waals surface area (Å²) in [5, 5.41) is 26.9. The van der Waals surface area contributed by atoms with E-state index in [2.05, 4.69) is 6.58 Å². The van der Waals surface area contributed by atoms with Crippen molar-refractivity contribution < 1.29 is 28.9 Å². The van der Waals surface area contributed by atoms with Gasteiger partial charge >= 0.3 is 0 Å². The minimum Gasteiger partial charge on any atom is -0.508 e. The summed E-state index contributed by atoms with van der Waals surface area (Å²) in [6.45, 7) is 13.4. The number of allylic oxidation sites excluding steroid dienone is 5. The van der Waals surface area contributed by atoms with E-state index in [1.807, 2.05) is 40.7 Å². The van der Waals surface area contributed by atoms with Gasteiger partial charge in [0.25, 0.3) is 0 Å². The van der Waals surface area contributed by atoms with Crippen LogP contribution >= 0.6 is 0 Å². The second kappa shape index (κ2) is 21.3. The van der Waals surface area contributed by atoms with Crippen LogP contribution in [-0.2, 0) is 4.79 Å². The highest BCUT2D eigenvalue weighted by molar-refractivity contribution is 6.02. The Morgan fingerprint density at radius 2 is 1.65 bits per heavy atom. The number of hydrogen-bond acceptors (Lipinski definition) is 4. The zero-order valence-corrected chi connectivity index (χ0v) is 24.3. The summed E-state index contributed by atoms with van der Waals surface area (Å²) in [6, 6.07) is 14.2. The van der Waals surface area contributed by atoms with Gasteiger partial charge in [-0.05, 0) is 88.9 Å². The fraction of sp³-hybridized carbons (Fsp3) is 0.364. The lowest BCUT2D eigenvalue weighted by atomic mass is 9.89. The standard InChI is InChI=1S/C18H17F2NO2.C7H12O.C4H8O.C4H8/c19-13-8-6-12(7-9-13)16(22)11-10-15-17(20)21(18(15)23)14-4-2-1-3-5-14;1-3-5-7(8)6-4-2;1-2-3-4-5;1-4(2)3/h1-9,15-17,22H,10-11H2;3,5-6,8H,4H2,1-2H3;2-3,5H,4H2,1H3;1H2,2-3H3/b;5-3-,7-6+;3-2-;. The third-order valence-corrected chi connectivity index (χ3v) is 5.27. The third kappa shape index (κ3) is 14.6. The van der Waals surface area contributed by atoms with Crippen molar-refractivity contribution in [3.8, 4) is 0 Å². The van der Waals surface area contributed by atoms with Gasteiger partial charge in [0, 0.05) is 5.69 Å². The van der Waals surface area contributed by atoms with Crippen molar-refractivity contribution in [1.82, 2.24) is 0 Å². The average molecular weight is 558 g/mol. The first-order valence-electron chi connectivity index (χ1n) is 13.3. The number of β-lactam (4-membered cyclic amide) rings is 1. The van der Waals surface area contributed by atoms with Crippen LogP contribution in [0, 0.1) is 11.7 Å².